The van der Waals surface area contributed by atoms with Gasteiger partial charge in [0.05, 0.1) is 18.8 Å². The van der Waals surface area contributed by atoms with Crippen LogP contribution in [0.5, 0.6) is 0 Å². The molecule has 4 heteroatoms. The minimum absolute atomic E-state index is 0.168. The van der Waals surface area contributed by atoms with Crippen molar-refractivity contribution >= 4 is 0 Å². The Hall–Kier alpha value is -0.160. The van der Waals surface area contributed by atoms with E-state index in [9.17, 15) is 0 Å². The monoisotopic (exact) mass is 224 g/mol. The van der Waals surface area contributed by atoms with Gasteiger partial charge in [-0.25, -0.2) is 0 Å². The van der Waals surface area contributed by atoms with Crippen LogP contribution < -0.4 is 10.6 Å². The van der Waals surface area contributed by atoms with Gasteiger partial charge in [0, 0.05) is 38.2 Å². The normalized spacial score (nSPS) is 43.5. The first-order valence-electron chi connectivity index (χ1n) is 6.48. The van der Waals surface area contributed by atoms with Gasteiger partial charge >= 0.3 is 0 Å². The molecule has 4 rings (SSSR count). The highest BCUT2D eigenvalue weighted by molar-refractivity contribution is 5.11. The van der Waals surface area contributed by atoms with Crippen LogP contribution in [0, 0.1) is 17.3 Å². The van der Waals surface area contributed by atoms with E-state index in [1.807, 2.05) is 0 Å². The van der Waals surface area contributed by atoms with Crippen molar-refractivity contribution in [2.75, 3.05) is 46.0 Å². The van der Waals surface area contributed by atoms with Gasteiger partial charge < -0.3 is 20.1 Å². The fourth-order valence-electron chi connectivity index (χ4n) is 4.09. The molecule has 0 aromatic carbocycles. The molecule has 0 aliphatic carbocycles. The summed E-state index contributed by atoms with van der Waals surface area (Å²) in [4.78, 5) is 0. The molecule has 0 aromatic rings. The zero-order valence-corrected chi connectivity index (χ0v) is 9.63. The fourth-order valence-corrected chi connectivity index (χ4v) is 4.09. The molecule has 4 aliphatic heterocycles. The van der Waals surface area contributed by atoms with Crippen molar-refractivity contribution in [2.45, 2.75) is 12.0 Å². The lowest BCUT2D eigenvalue weighted by Crippen LogP contribution is -2.67. The van der Waals surface area contributed by atoms with Crippen LogP contribution in [0.25, 0.3) is 0 Å². The molecule has 4 aliphatic rings. The second-order valence-electron chi connectivity index (χ2n) is 6.00. The van der Waals surface area contributed by atoms with Gasteiger partial charge in [-0.15, -0.1) is 0 Å². The number of nitrogens with one attached hydrogen (secondary N) is 2. The third-order valence-corrected chi connectivity index (χ3v) is 5.26. The zero-order chi connectivity index (χ0) is 10.6. The van der Waals surface area contributed by atoms with E-state index in [4.69, 9.17) is 9.47 Å². The first-order chi connectivity index (χ1) is 7.85. The maximum absolute atomic E-state index is 6.02. The first kappa shape index (κ1) is 9.83. The maximum Gasteiger partial charge on any atom is 0.0962 e. The average molecular weight is 224 g/mol. The standard InChI is InChI=1S/C12H20N2O2/c1-2-16-12(6-14-7-12)9(1)10-3-15-8-11(10)4-13-5-11/h9-10,13-14H,1-8H2. The van der Waals surface area contributed by atoms with Crippen LogP contribution in [0.2, 0.25) is 0 Å². The molecule has 2 atom stereocenters. The number of hydrogen-bond acceptors (Lipinski definition) is 4. The lowest BCUT2D eigenvalue weighted by atomic mass is 9.62. The summed E-state index contributed by atoms with van der Waals surface area (Å²) in [5, 5.41) is 6.80. The third kappa shape index (κ3) is 1.09. The highest BCUT2D eigenvalue weighted by Gasteiger charge is 2.59. The Bertz CT molecular complexity index is 269. The molecule has 4 heterocycles. The van der Waals surface area contributed by atoms with E-state index in [2.05, 4.69) is 10.6 Å². The van der Waals surface area contributed by atoms with Crippen LogP contribution in [0.4, 0.5) is 0 Å². The smallest absolute Gasteiger partial charge is 0.0962 e. The molecular weight excluding hydrogens is 204 g/mol. The zero-order valence-electron chi connectivity index (χ0n) is 9.63. The lowest BCUT2D eigenvalue weighted by Gasteiger charge is -2.51. The van der Waals surface area contributed by atoms with Gasteiger partial charge in [-0.2, -0.15) is 0 Å². The largest absolute Gasteiger partial charge is 0.380 e. The molecule has 16 heavy (non-hydrogen) atoms. The summed E-state index contributed by atoms with van der Waals surface area (Å²) in [6.45, 7) is 7.28. The Kier molecular flexibility index (Phi) is 1.96. The molecule has 4 saturated heterocycles. The molecule has 0 aromatic heterocycles. The van der Waals surface area contributed by atoms with Crippen LogP contribution >= 0.6 is 0 Å². The SMILES string of the molecule is C1CC(C2COCC23CNC3)C2(CNC2)O1. The van der Waals surface area contributed by atoms with Crippen molar-refractivity contribution in [1.29, 1.82) is 0 Å². The Morgan fingerprint density at radius 3 is 2.44 bits per heavy atom. The van der Waals surface area contributed by atoms with Crippen LogP contribution in [-0.4, -0.2) is 51.6 Å². The molecule has 4 nitrogen and oxygen atoms in total. The topological polar surface area (TPSA) is 42.5 Å². The Balaban J connectivity index is 1.60. The predicted octanol–water partition coefficient (Wildman–Crippen LogP) is -0.399. The van der Waals surface area contributed by atoms with E-state index in [1.54, 1.807) is 0 Å². The maximum atomic E-state index is 6.02. The van der Waals surface area contributed by atoms with Crippen molar-refractivity contribution in [3.8, 4) is 0 Å². The summed E-state index contributed by atoms with van der Waals surface area (Å²) in [5.74, 6) is 1.44. The van der Waals surface area contributed by atoms with E-state index in [1.165, 1.54) is 6.42 Å². The quantitative estimate of drug-likeness (QED) is 0.636. The van der Waals surface area contributed by atoms with Crippen molar-refractivity contribution < 1.29 is 9.47 Å². The van der Waals surface area contributed by atoms with Gasteiger partial charge in [-0.1, -0.05) is 0 Å². The number of rotatable bonds is 1. The molecule has 0 bridgehead atoms. The minimum Gasteiger partial charge on any atom is -0.380 e. The summed E-state index contributed by atoms with van der Waals surface area (Å²) in [6, 6.07) is 0. The highest BCUT2D eigenvalue weighted by atomic mass is 16.5. The molecule has 0 saturated carbocycles. The summed E-state index contributed by atoms with van der Waals surface area (Å²) < 4.78 is 11.8. The average Bonchev–Trinajstić information content (AvgIpc) is 2.78. The minimum atomic E-state index is 0.168. The van der Waals surface area contributed by atoms with Gasteiger partial charge in [0.25, 0.3) is 0 Å². The van der Waals surface area contributed by atoms with Crippen LogP contribution in [0.15, 0.2) is 0 Å². The van der Waals surface area contributed by atoms with Crippen LogP contribution in [-0.2, 0) is 9.47 Å². The molecule has 0 radical (unpaired) electrons. The van der Waals surface area contributed by atoms with Gasteiger partial charge in [-0.05, 0) is 18.3 Å². The number of ether oxygens (including phenoxy) is 2. The van der Waals surface area contributed by atoms with Gasteiger partial charge in [0.2, 0.25) is 0 Å². The van der Waals surface area contributed by atoms with Crippen LogP contribution in [0.1, 0.15) is 6.42 Å². The van der Waals surface area contributed by atoms with E-state index in [-0.39, 0.29) is 5.60 Å². The second kappa shape index (κ2) is 3.19. The van der Waals surface area contributed by atoms with Crippen LogP contribution in [0.3, 0.4) is 0 Å². The summed E-state index contributed by atoms with van der Waals surface area (Å²) >= 11 is 0. The highest BCUT2D eigenvalue weighted by Crippen LogP contribution is 2.50. The van der Waals surface area contributed by atoms with Gasteiger partial charge in [-0.3, -0.25) is 0 Å². The third-order valence-electron chi connectivity index (χ3n) is 5.26. The lowest BCUT2D eigenvalue weighted by molar-refractivity contribution is -0.0885. The molecule has 90 valence electrons. The summed E-state index contributed by atoms with van der Waals surface area (Å²) in [5.41, 5.74) is 0.613. The van der Waals surface area contributed by atoms with E-state index < -0.39 is 0 Å². The van der Waals surface area contributed by atoms with Gasteiger partial charge in [0.1, 0.15) is 0 Å². The Morgan fingerprint density at radius 1 is 1.00 bits per heavy atom. The van der Waals surface area contributed by atoms with E-state index in [0.717, 1.165) is 57.8 Å². The predicted molar refractivity (Wildman–Crippen MR) is 59.3 cm³/mol. The summed E-state index contributed by atoms with van der Waals surface area (Å²) in [7, 11) is 0. The van der Waals surface area contributed by atoms with E-state index >= 15 is 0 Å². The van der Waals surface area contributed by atoms with Crippen molar-refractivity contribution in [3.63, 3.8) is 0 Å². The fraction of sp³-hybridized carbons (Fsp3) is 1.00. The first-order valence-corrected chi connectivity index (χ1v) is 6.48. The Morgan fingerprint density at radius 2 is 1.81 bits per heavy atom. The van der Waals surface area contributed by atoms with Crippen molar-refractivity contribution in [2.24, 2.45) is 17.3 Å². The van der Waals surface area contributed by atoms with Crippen molar-refractivity contribution in [1.82, 2.24) is 10.6 Å². The van der Waals surface area contributed by atoms with Gasteiger partial charge in [0.15, 0.2) is 0 Å². The number of hydrogen-bond donors (Lipinski definition) is 2. The summed E-state index contributed by atoms with van der Waals surface area (Å²) in [6.07, 6.45) is 1.23. The molecule has 2 N–H and O–H groups in total. The Labute approximate surface area is 96.1 Å². The second-order valence-corrected chi connectivity index (χ2v) is 6.00. The molecule has 2 spiro atoms. The molecular formula is C12H20N2O2. The van der Waals surface area contributed by atoms with Crippen molar-refractivity contribution in [3.05, 3.63) is 0 Å². The molecule has 2 unspecified atom stereocenters. The molecule has 4 fully saturated rings. The van der Waals surface area contributed by atoms with E-state index in [0.29, 0.717) is 5.41 Å². The molecule has 0 amide bonds.